The minimum absolute atomic E-state index is 0.599. The molecule has 21 heavy (non-hydrogen) atoms. The molecule has 3 nitrogen and oxygen atoms in total. The zero-order valence-electron chi connectivity index (χ0n) is 13.3. The van der Waals surface area contributed by atoms with Crippen LogP contribution in [-0.2, 0) is 11.2 Å². The number of ether oxygens (including phenoxy) is 1. The summed E-state index contributed by atoms with van der Waals surface area (Å²) >= 11 is 0. The zero-order valence-corrected chi connectivity index (χ0v) is 13.3. The molecule has 0 saturated heterocycles. The van der Waals surface area contributed by atoms with Gasteiger partial charge in [0.2, 0.25) is 0 Å². The maximum absolute atomic E-state index is 11.9. The van der Waals surface area contributed by atoms with Gasteiger partial charge in [0.1, 0.15) is 5.75 Å². The first-order valence-electron chi connectivity index (χ1n) is 7.83. The molecule has 1 N–H and O–H groups in total. The third-order valence-electron chi connectivity index (χ3n) is 5.06. The van der Waals surface area contributed by atoms with Crippen LogP contribution in [0, 0.1) is 17.3 Å². The lowest BCUT2D eigenvalue weighted by molar-refractivity contribution is -0.151. The van der Waals surface area contributed by atoms with Crippen molar-refractivity contribution in [2.75, 3.05) is 7.11 Å². The summed E-state index contributed by atoms with van der Waals surface area (Å²) in [6.07, 6.45) is 4.21. The fourth-order valence-electron chi connectivity index (χ4n) is 3.50. The third kappa shape index (κ3) is 3.58. The highest BCUT2D eigenvalue weighted by molar-refractivity contribution is 5.75. The quantitative estimate of drug-likeness (QED) is 0.886. The van der Waals surface area contributed by atoms with E-state index in [1.54, 1.807) is 7.11 Å². The molecule has 1 saturated carbocycles. The number of methoxy groups -OCH3 is 1. The zero-order chi connectivity index (χ0) is 15.5. The van der Waals surface area contributed by atoms with Gasteiger partial charge >= 0.3 is 5.97 Å². The molecule has 1 fully saturated rings. The van der Waals surface area contributed by atoms with E-state index in [9.17, 15) is 9.90 Å². The van der Waals surface area contributed by atoms with Gasteiger partial charge in [-0.15, -0.1) is 0 Å². The van der Waals surface area contributed by atoms with Gasteiger partial charge in [0.15, 0.2) is 0 Å². The summed E-state index contributed by atoms with van der Waals surface area (Å²) in [5, 5.41) is 9.77. The van der Waals surface area contributed by atoms with Crippen LogP contribution in [0.25, 0.3) is 0 Å². The lowest BCUT2D eigenvalue weighted by Gasteiger charge is -2.38. The van der Waals surface area contributed by atoms with E-state index in [1.165, 1.54) is 0 Å². The molecule has 0 atom stereocenters. The van der Waals surface area contributed by atoms with Crippen molar-refractivity contribution in [1.82, 2.24) is 0 Å². The lowest BCUT2D eigenvalue weighted by Crippen LogP contribution is -2.38. The number of aliphatic carboxylic acids is 1. The van der Waals surface area contributed by atoms with Gasteiger partial charge in [-0.3, -0.25) is 4.79 Å². The molecule has 0 unspecified atom stereocenters. The highest BCUT2D eigenvalue weighted by atomic mass is 16.5. The van der Waals surface area contributed by atoms with Crippen LogP contribution in [0.2, 0.25) is 0 Å². The van der Waals surface area contributed by atoms with E-state index in [0.29, 0.717) is 18.3 Å². The Morgan fingerprint density at radius 3 is 2.57 bits per heavy atom. The number of carbonyl (C=O) groups is 1. The van der Waals surface area contributed by atoms with E-state index in [2.05, 4.69) is 13.8 Å². The molecule has 1 aromatic carbocycles. The molecular weight excluding hydrogens is 264 g/mol. The Morgan fingerprint density at radius 1 is 1.38 bits per heavy atom. The first kappa shape index (κ1) is 15.9. The van der Waals surface area contributed by atoms with E-state index in [4.69, 9.17) is 4.74 Å². The van der Waals surface area contributed by atoms with Crippen LogP contribution in [0.1, 0.15) is 45.1 Å². The van der Waals surface area contributed by atoms with Crippen LogP contribution in [0.15, 0.2) is 24.3 Å². The largest absolute Gasteiger partial charge is 0.497 e. The third-order valence-corrected chi connectivity index (χ3v) is 5.06. The number of hydrogen-bond donors (Lipinski definition) is 1. The molecule has 0 amide bonds. The molecule has 1 aromatic rings. The van der Waals surface area contributed by atoms with Crippen molar-refractivity contribution in [1.29, 1.82) is 0 Å². The summed E-state index contributed by atoms with van der Waals surface area (Å²) in [5.41, 5.74) is 0.456. The highest BCUT2D eigenvalue weighted by Gasteiger charge is 2.42. The van der Waals surface area contributed by atoms with Crippen LogP contribution >= 0.6 is 0 Å². The first-order chi connectivity index (χ1) is 9.97. The molecule has 1 aliphatic carbocycles. The molecule has 116 valence electrons. The van der Waals surface area contributed by atoms with Crippen molar-refractivity contribution < 1.29 is 14.6 Å². The van der Waals surface area contributed by atoms with Crippen molar-refractivity contribution in [3.05, 3.63) is 29.8 Å². The maximum atomic E-state index is 11.9. The molecule has 0 aliphatic heterocycles. The molecule has 0 bridgehead atoms. The van der Waals surface area contributed by atoms with E-state index in [1.807, 2.05) is 24.3 Å². The monoisotopic (exact) mass is 290 g/mol. The molecule has 0 aromatic heterocycles. The standard InChI is InChI=1S/C18H26O3/c1-13(2)15-7-9-18(10-8-15,17(19)20)12-14-5-4-6-16(11-14)21-3/h4-6,11,13,15H,7-10,12H2,1-3H3,(H,19,20). The SMILES string of the molecule is COc1cccc(CC2(C(=O)O)CCC(C(C)C)CC2)c1. The van der Waals surface area contributed by atoms with Gasteiger partial charge < -0.3 is 9.84 Å². The highest BCUT2D eigenvalue weighted by Crippen LogP contribution is 2.44. The van der Waals surface area contributed by atoms with E-state index < -0.39 is 11.4 Å². The van der Waals surface area contributed by atoms with Crippen molar-refractivity contribution >= 4 is 5.97 Å². The smallest absolute Gasteiger partial charge is 0.309 e. The molecule has 1 aliphatic rings. The molecule has 0 spiro atoms. The van der Waals surface area contributed by atoms with Gasteiger partial charge in [0.05, 0.1) is 12.5 Å². The fourth-order valence-corrected chi connectivity index (χ4v) is 3.50. The summed E-state index contributed by atoms with van der Waals surface area (Å²) < 4.78 is 5.24. The van der Waals surface area contributed by atoms with Crippen molar-refractivity contribution in [3.63, 3.8) is 0 Å². The van der Waals surface area contributed by atoms with E-state index in [0.717, 1.165) is 37.0 Å². The predicted molar refractivity (Wildman–Crippen MR) is 83.6 cm³/mol. The van der Waals surface area contributed by atoms with Crippen molar-refractivity contribution in [2.24, 2.45) is 17.3 Å². The first-order valence-corrected chi connectivity index (χ1v) is 7.83. The van der Waals surface area contributed by atoms with Crippen molar-refractivity contribution in [3.8, 4) is 5.75 Å². The number of rotatable bonds is 5. The average molecular weight is 290 g/mol. The second-order valence-electron chi connectivity index (χ2n) is 6.70. The minimum atomic E-state index is -0.646. The molecule has 0 radical (unpaired) electrons. The Kier molecular flexibility index (Phi) is 4.92. The summed E-state index contributed by atoms with van der Waals surface area (Å²) in [6.45, 7) is 4.47. The van der Waals surface area contributed by atoms with Crippen LogP contribution < -0.4 is 4.74 Å². The Balaban J connectivity index is 2.14. The summed E-state index contributed by atoms with van der Waals surface area (Å²) in [4.78, 5) is 11.9. The predicted octanol–water partition coefficient (Wildman–Crippen LogP) is 4.15. The summed E-state index contributed by atoms with van der Waals surface area (Å²) in [5.74, 6) is 1.47. The Bertz CT molecular complexity index is 485. The van der Waals surface area contributed by atoms with Crippen LogP contribution in [-0.4, -0.2) is 18.2 Å². The van der Waals surface area contributed by atoms with Gasteiger partial charge in [-0.25, -0.2) is 0 Å². The topological polar surface area (TPSA) is 46.5 Å². The normalized spacial score (nSPS) is 25.8. The van der Waals surface area contributed by atoms with Crippen LogP contribution in [0.5, 0.6) is 5.75 Å². The second-order valence-corrected chi connectivity index (χ2v) is 6.70. The second kappa shape index (κ2) is 6.50. The molecule has 2 rings (SSSR count). The van der Waals surface area contributed by atoms with Crippen LogP contribution in [0.3, 0.4) is 0 Å². The summed E-state index contributed by atoms with van der Waals surface area (Å²) in [7, 11) is 1.64. The average Bonchev–Trinajstić information content (AvgIpc) is 2.47. The summed E-state index contributed by atoms with van der Waals surface area (Å²) in [6, 6.07) is 7.79. The van der Waals surface area contributed by atoms with Gasteiger partial charge in [0.25, 0.3) is 0 Å². The van der Waals surface area contributed by atoms with E-state index in [-0.39, 0.29) is 0 Å². The number of carboxylic acid groups (broad SMARTS) is 1. The van der Waals surface area contributed by atoms with Gasteiger partial charge in [0, 0.05) is 0 Å². The number of benzene rings is 1. The van der Waals surface area contributed by atoms with Crippen molar-refractivity contribution in [2.45, 2.75) is 46.0 Å². The Morgan fingerprint density at radius 2 is 2.05 bits per heavy atom. The van der Waals surface area contributed by atoms with E-state index >= 15 is 0 Å². The lowest BCUT2D eigenvalue weighted by atomic mass is 9.65. The number of carboxylic acids is 1. The number of hydrogen-bond acceptors (Lipinski definition) is 2. The van der Waals surface area contributed by atoms with Gasteiger partial charge in [-0.1, -0.05) is 26.0 Å². The Hall–Kier alpha value is -1.51. The minimum Gasteiger partial charge on any atom is -0.497 e. The fraction of sp³-hybridized carbons (Fsp3) is 0.611. The Labute approximate surface area is 127 Å². The molecular formula is C18H26O3. The van der Waals surface area contributed by atoms with Gasteiger partial charge in [-0.05, 0) is 61.6 Å². The molecule has 3 heteroatoms. The van der Waals surface area contributed by atoms with Gasteiger partial charge in [-0.2, -0.15) is 0 Å². The maximum Gasteiger partial charge on any atom is 0.309 e. The molecule has 0 heterocycles. The van der Waals surface area contributed by atoms with Crippen LogP contribution in [0.4, 0.5) is 0 Å².